The van der Waals surface area contributed by atoms with Gasteiger partial charge in [-0.2, -0.15) is 4.31 Å². The number of benzene rings is 1. The molecular formula is C18H30N2O3S. The Hall–Kier alpha value is -1.40. The fourth-order valence-corrected chi connectivity index (χ4v) is 3.23. The summed E-state index contributed by atoms with van der Waals surface area (Å²) in [6, 6.07) is 9.30. The molecule has 0 radical (unpaired) electrons. The molecule has 0 aliphatic carbocycles. The van der Waals surface area contributed by atoms with Crippen molar-refractivity contribution in [1.29, 1.82) is 0 Å². The van der Waals surface area contributed by atoms with Crippen LogP contribution in [0.1, 0.15) is 45.1 Å². The first kappa shape index (κ1) is 20.6. The van der Waals surface area contributed by atoms with Crippen LogP contribution >= 0.6 is 0 Å². The van der Waals surface area contributed by atoms with Crippen molar-refractivity contribution in [1.82, 2.24) is 9.62 Å². The zero-order chi connectivity index (χ0) is 18.0. The van der Waals surface area contributed by atoms with Crippen LogP contribution < -0.4 is 5.32 Å². The zero-order valence-electron chi connectivity index (χ0n) is 15.0. The highest BCUT2D eigenvalue weighted by atomic mass is 32.2. The van der Waals surface area contributed by atoms with Gasteiger partial charge in [-0.1, -0.05) is 63.4 Å². The molecule has 24 heavy (non-hydrogen) atoms. The Bertz CT molecular complexity index is 588. The molecule has 1 atom stereocenters. The van der Waals surface area contributed by atoms with E-state index in [2.05, 4.69) is 19.2 Å². The first-order valence-electron chi connectivity index (χ1n) is 8.62. The number of nitrogens with zero attached hydrogens (tertiary/aromatic N) is 1. The summed E-state index contributed by atoms with van der Waals surface area (Å²) >= 11 is 0. The quantitative estimate of drug-likeness (QED) is 0.664. The number of carbonyl (C=O) groups is 1. The minimum absolute atomic E-state index is 0.141. The van der Waals surface area contributed by atoms with Gasteiger partial charge in [-0.3, -0.25) is 4.79 Å². The molecule has 0 saturated heterocycles. The lowest BCUT2D eigenvalue weighted by atomic mass is 9.99. The Morgan fingerprint density at radius 1 is 1.21 bits per heavy atom. The number of unbranched alkanes of at least 4 members (excludes halogenated alkanes) is 1. The van der Waals surface area contributed by atoms with E-state index >= 15 is 0 Å². The fraction of sp³-hybridized carbons (Fsp3) is 0.611. The van der Waals surface area contributed by atoms with E-state index in [1.165, 1.54) is 4.31 Å². The summed E-state index contributed by atoms with van der Waals surface area (Å²) in [6.45, 7) is 4.94. The SMILES string of the molecule is CCCC[C@H](CC)CNC(=O)CN(Cc1ccccc1)S(C)(=O)=O. The predicted octanol–water partition coefficient (Wildman–Crippen LogP) is 2.78. The molecule has 0 aliphatic rings. The van der Waals surface area contributed by atoms with Crippen molar-refractivity contribution in [2.45, 2.75) is 46.1 Å². The highest BCUT2D eigenvalue weighted by molar-refractivity contribution is 7.88. The molecule has 0 aliphatic heterocycles. The molecule has 0 aromatic heterocycles. The Morgan fingerprint density at radius 2 is 1.88 bits per heavy atom. The van der Waals surface area contributed by atoms with Crippen molar-refractivity contribution >= 4 is 15.9 Å². The molecule has 1 N–H and O–H groups in total. The zero-order valence-corrected chi connectivity index (χ0v) is 15.8. The molecule has 0 fully saturated rings. The average molecular weight is 355 g/mol. The monoisotopic (exact) mass is 354 g/mol. The second-order valence-corrected chi connectivity index (χ2v) is 8.22. The standard InChI is InChI=1S/C18H30N2O3S/c1-4-6-10-16(5-2)13-19-18(21)15-20(24(3,22)23)14-17-11-8-7-9-12-17/h7-9,11-12,16H,4-6,10,13-15H2,1-3H3,(H,19,21)/t16-/m0/s1. The van der Waals surface area contributed by atoms with E-state index in [4.69, 9.17) is 0 Å². The molecular weight excluding hydrogens is 324 g/mol. The lowest BCUT2D eigenvalue weighted by Gasteiger charge is -2.21. The van der Waals surface area contributed by atoms with Crippen molar-refractivity contribution in [2.75, 3.05) is 19.3 Å². The Labute approximate surface area is 146 Å². The van der Waals surface area contributed by atoms with Crippen LogP contribution in [-0.4, -0.2) is 38.0 Å². The Balaban J connectivity index is 2.58. The van der Waals surface area contributed by atoms with Gasteiger partial charge in [0.1, 0.15) is 0 Å². The summed E-state index contributed by atoms with van der Waals surface area (Å²) in [5, 5.41) is 2.89. The molecule has 0 heterocycles. The summed E-state index contributed by atoms with van der Waals surface area (Å²) in [4.78, 5) is 12.2. The molecule has 0 unspecified atom stereocenters. The summed E-state index contributed by atoms with van der Waals surface area (Å²) < 4.78 is 25.1. The minimum Gasteiger partial charge on any atom is -0.355 e. The molecule has 5 nitrogen and oxygen atoms in total. The van der Waals surface area contributed by atoms with Gasteiger partial charge in [0, 0.05) is 13.1 Å². The minimum atomic E-state index is -3.44. The molecule has 1 aromatic rings. The van der Waals surface area contributed by atoms with E-state index < -0.39 is 10.0 Å². The summed E-state index contributed by atoms with van der Waals surface area (Å²) in [5.74, 6) is 0.209. The van der Waals surface area contributed by atoms with E-state index in [9.17, 15) is 13.2 Å². The molecule has 1 aromatic carbocycles. The van der Waals surface area contributed by atoms with Gasteiger partial charge in [-0.05, 0) is 17.9 Å². The number of hydrogen-bond donors (Lipinski definition) is 1. The maximum absolute atomic E-state index is 12.2. The third-order valence-corrected chi connectivity index (χ3v) is 5.32. The summed E-state index contributed by atoms with van der Waals surface area (Å²) in [6.07, 6.45) is 5.54. The van der Waals surface area contributed by atoms with Crippen LogP contribution in [0.2, 0.25) is 0 Å². The summed E-state index contributed by atoms with van der Waals surface area (Å²) in [7, 11) is -3.44. The van der Waals surface area contributed by atoms with Crippen LogP contribution in [0.3, 0.4) is 0 Å². The summed E-state index contributed by atoms with van der Waals surface area (Å²) in [5.41, 5.74) is 0.866. The number of nitrogens with one attached hydrogen (secondary N) is 1. The van der Waals surface area contributed by atoms with Crippen LogP contribution in [0.15, 0.2) is 30.3 Å². The number of carbonyl (C=O) groups excluding carboxylic acids is 1. The van der Waals surface area contributed by atoms with Gasteiger partial charge in [-0.15, -0.1) is 0 Å². The molecule has 1 rings (SSSR count). The van der Waals surface area contributed by atoms with Gasteiger partial charge in [0.05, 0.1) is 12.8 Å². The van der Waals surface area contributed by atoms with Gasteiger partial charge in [0.2, 0.25) is 15.9 Å². The second kappa shape index (κ2) is 10.5. The second-order valence-electron chi connectivity index (χ2n) is 6.24. The molecule has 136 valence electrons. The molecule has 0 saturated carbocycles. The smallest absolute Gasteiger partial charge is 0.235 e. The van der Waals surface area contributed by atoms with E-state index in [0.29, 0.717) is 12.5 Å². The number of amides is 1. The van der Waals surface area contributed by atoms with Gasteiger partial charge in [-0.25, -0.2) is 8.42 Å². The molecule has 0 spiro atoms. The van der Waals surface area contributed by atoms with E-state index in [1.54, 1.807) is 0 Å². The largest absolute Gasteiger partial charge is 0.355 e. The maximum Gasteiger partial charge on any atom is 0.235 e. The van der Waals surface area contributed by atoms with Crippen LogP contribution in [0.5, 0.6) is 0 Å². The fourth-order valence-electron chi connectivity index (χ4n) is 2.50. The van der Waals surface area contributed by atoms with E-state index in [0.717, 1.165) is 37.5 Å². The third-order valence-electron chi connectivity index (χ3n) is 4.12. The molecule has 6 heteroatoms. The van der Waals surface area contributed by atoms with Crippen LogP contribution in [0, 0.1) is 5.92 Å². The number of rotatable bonds is 11. The molecule has 0 bridgehead atoms. The predicted molar refractivity (Wildman–Crippen MR) is 98.0 cm³/mol. The first-order chi connectivity index (χ1) is 11.4. The normalized spacial score (nSPS) is 13.0. The van der Waals surface area contributed by atoms with Gasteiger partial charge in [0.15, 0.2) is 0 Å². The number of sulfonamides is 1. The third kappa shape index (κ3) is 7.93. The lowest BCUT2D eigenvalue weighted by molar-refractivity contribution is -0.121. The van der Waals surface area contributed by atoms with Crippen LogP contribution in [0.25, 0.3) is 0 Å². The average Bonchev–Trinajstić information content (AvgIpc) is 2.54. The Morgan fingerprint density at radius 3 is 2.42 bits per heavy atom. The van der Waals surface area contributed by atoms with Crippen LogP contribution in [0.4, 0.5) is 0 Å². The van der Waals surface area contributed by atoms with E-state index in [-0.39, 0.29) is 19.0 Å². The van der Waals surface area contributed by atoms with Crippen molar-refractivity contribution in [2.24, 2.45) is 5.92 Å². The van der Waals surface area contributed by atoms with Crippen molar-refractivity contribution < 1.29 is 13.2 Å². The van der Waals surface area contributed by atoms with Crippen molar-refractivity contribution in [3.63, 3.8) is 0 Å². The maximum atomic E-state index is 12.2. The first-order valence-corrected chi connectivity index (χ1v) is 10.5. The van der Waals surface area contributed by atoms with E-state index in [1.807, 2.05) is 30.3 Å². The van der Waals surface area contributed by atoms with Gasteiger partial charge >= 0.3 is 0 Å². The number of hydrogen-bond acceptors (Lipinski definition) is 3. The highest BCUT2D eigenvalue weighted by Gasteiger charge is 2.20. The van der Waals surface area contributed by atoms with Crippen LogP contribution in [-0.2, 0) is 21.4 Å². The van der Waals surface area contributed by atoms with Crippen molar-refractivity contribution in [3.05, 3.63) is 35.9 Å². The van der Waals surface area contributed by atoms with Gasteiger partial charge < -0.3 is 5.32 Å². The van der Waals surface area contributed by atoms with Crippen molar-refractivity contribution in [3.8, 4) is 0 Å². The highest BCUT2D eigenvalue weighted by Crippen LogP contribution is 2.12. The molecule has 1 amide bonds. The topological polar surface area (TPSA) is 66.5 Å². The van der Waals surface area contributed by atoms with Gasteiger partial charge in [0.25, 0.3) is 0 Å². The lowest BCUT2D eigenvalue weighted by Crippen LogP contribution is -2.41. The Kier molecular flexibility index (Phi) is 9.00.